The Labute approximate surface area is 83.1 Å². The molecule has 4 heteroatoms. The van der Waals surface area contributed by atoms with Crippen molar-refractivity contribution in [3.05, 3.63) is 40.8 Å². The molecule has 0 radical (unpaired) electrons. The molecule has 0 aliphatic carbocycles. The first-order valence-electron chi connectivity index (χ1n) is 4.62. The average Bonchev–Trinajstić information content (AvgIpc) is 2.25. The van der Waals surface area contributed by atoms with Crippen molar-refractivity contribution >= 4 is 0 Å². The summed E-state index contributed by atoms with van der Waals surface area (Å²) in [5.41, 5.74) is 8.03. The Morgan fingerprint density at radius 2 is 2.00 bits per heavy atom. The molecule has 0 unspecified atom stereocenters. The van der Waals surface area contributed by atoms with Crippen molar-refractivity contribution in [1.82, 2.24) is 0 Å². The van der Waals surface area contributed by atoms with Gasteiger partial charge in [0.1, 0.15) is 5.75 Å². The summed E-state index contributed by atoms with van der Waals surface area (Å²) in [6.07, 6.45) is 1.78. The zero-order valence-corrected chi connectivity index (χ0v) is 7.97. The van der Waals surface area contributed by atoms with Crippen molar-refractivity contribution < 1.29 is 4.74 Å². The van der Waals surface area contributed by atoms with E-state index in [0.717, 1.165) is 18.6 Å². The number of hydrogen-bond donors (Lipinski definition) is 0. The maximum atomic E-state index is 8.03. The second-order valence-electron chi connectivity index (χ2n) is 2.82. The van der Waals surface area contributed by atoms with Gasteiger partial charge in [0.05, 0.1) is 6.61 Å². The van der Waals surface area contributed by atoms with Gasteiger partial charge in [-0.15, -0.1) is 0 Å². The molecule has 0 amide bonds. The predicted molar refractivity (Wildman–Crippen MR) is 55.2 cm³/mol. The summed E-state index contributed by atoms with van der Waals surface area (Å²) in [4.78, 5) is 2.68. The van der Waals surface area contributed by atoms with Crippen LogP contribution in [-0.4, -0.2) is 13.2 Å². The summed E-state index contributed by atoms with van der Waals surface area (Å²) < 4.78 is 5.45. The summed E-state index contributed by atoms with van der Waals surface area (Å²) in [5.74, 6) is 0.885. The molecule has 0 aromatic heterocycles. The number of para-hydroxylation sites is 1. The molecule has 0 saturated carbocycles. The van der Waals surface area contributed by atoms with Gasteiger partial charge in [-0.25, -0.2) is 0 Å². The van der Waals surface area contributed by atoms with Crippen LogP contribution in [-0.2, 0) is 0 Å². The van der Waals surface area contributed by atoms with E-state index in [0.29, 0.717) is 13.2 Å². The highest BCUT2D eigenvalue weighted by atomic mass is 16.5. The molecule has 1 rings (SSSR count). The van der Waals surface area contributed by atoms with Gasteiger partial charge in [0.25, 0.3) is 0 Å². The third-order valence-electron chi connectivity index (χ3n) is 1.73. The van der Waals surface area contributed by atoms with Crippen LogP contribution in [0.5, 0.6) is 5.75 Å². The minimum Gasteiger partial charge on any atom is -0.494 e. The molecule has 0 saturated heterocycles. The number of azide groups is 1. The van der Waals surface area contributed by atoms with E-state index in [4.69, 9.17) is 10.3 Å². The molecule has 1 aromatic rings. The van der Waals surface area contributed by atoms with Crippen LogP contribution in [0.2, 0.25) is 0 Å². The van der Waals surface area contributed by atoms with Crippen LogP contribution in [0.15, 0.2) is 35.4 Å². The molecule has 1 aromatic carbocycles. The van der Waals surface area contributed by atoms with Gasteiger partial charge >= 0.3 is 0 Å². The average molecular weight is 191 g/mol. The molecule has 0 heterocycles. The Kier molecular flexibility index (Phi) is 5.06. The smallest absolute Gasteiger partial charge is 0.119 e. The molecule has 0 aliphatic heterocycles. The van der Waals surface area contributed by atoms with Crippen LogP contribution < -0.4 is 4.74 Å². The van der Waals surface area contributed by atoms with E-state index in [1.54, 1.807) is 0 Å². The molecule has 0 N–H and O–H groups in total. The fourth-order valence-electron chi connectivity index (χ4n) is 1.04. The summed E-state index contributed by atoms with van der Waals surface area (Å²) in [6.45, 7) is 1.22. The third-order valence-corrected chi connectivity index (χ3v) is 1.73. The highest BCUT2D eigenvalue weighted by molar-refractivity contribution is 5.20. The minimum atomic E-state index is 0.550. The fourth-order valence-corrected chi connectivity index (χ4v) is 1.04. The van der Waals surface area contributed by atoms with Crippen LogP contribution >= 0.6 is 0 Å². The van der Waals surface area contributed by atoms with Gasteiger partial charge in [-0.3, -0.25) is 0 Å². The maximum Gasteiger partial charge on any atom is 0.119 e. The van der Waals surface area contributed by atoms with E-state index in [9.17, 15) is 0 Å². The Bertz CT molecular complexity index is 293. The minimum absolute atomic E-state index is 0.550. The first-order chi connectivity index (χ1) is 6.93. The fraction of sp³-hybridized carbons (Fsp3) is 0.400. The van der Waals surface area contributed by atoms with Crippen molar-refractivity contribution in [2.75, 3.05) is 13.2 Å². The standard InChI is InChI=1S/C10H13N3O/c11-13-12-8-4-5-9-14-10-6-2-1-3-7-10/h1-3,6-7H,4-5,8-9H2. The quantitative estimate of drug-likeness (QED) is 0.295. The molecule has 4 nitrogen and oxygen atoms in total. The van der Waals surface area contributed by atoms with Gasteiger partial charge < -0.3 is 4.74 Å². The van der Waals surface area contributed by atoms with Gasteiger partial charge in [-0.05, 0) is 30.5 Å². The number of benzene rings is 1. The zero-order valence-electron chi connectivity index (χ0n) is 7.97. The molecule has 0 spiro atoms. The van der Waals surface area contributed by atoms with Crippen LogP contribution in [0.3, 0.4) is 0 Å². The van der Waals surface area contributed by atoms with Crippen LogP contribution in [0.25, 0.3) is 10.4 Å². The van der Waals surface area contributed by atoms with E-state index in [1.165, 1.54) is 0 Å². The van der Waals surface area contributed by atoms with Gasteiger partial charge in [0.15, 0.2) is 0 Å². The maximum absolute atomic E-state index is 8.03. The summed E-state index contributed by atoms with van der Waals surface area (Å²) >= 11 is 0. The Hall–Kier alpha value is -1.67. The Morgan fingerprint density at radius 3 is 2.71 bits per heavy atom. The summed E-state index contributed by atoms with van der Waals surface area (Å²) in [6, 6.07) is 9.68. The van der Waals surface area contributed by atoms with E-state index in [-0.39, 0.29) is 0 Å². The van der Waals surface area contributed by atoms with Gasteiger partial charge in [0, 0.05) is 11.5 Å². The van der Waals surface area contributed by atoms with E-state index in [2.05, 4.69) is 10.0 Å². The van der Waals surface area contributed by atoms with E-state index >= 15 is 0 Å². The van der Waals surface area contributed by atoms with Crippen molar-refractivity contribution in [3.8, 4) is 5.75 Å². The largest absolute Gasteiger partial charge is 0.494 e. The lowest BCUT2D eigenvalue weighted by atomic mass is 10.3. The second-order valence-corrected chi connectivity index (χ2v) is 2.82. The summed E-state index contributed by atoms with van der Waals surface area (Å²) in [7, 11) is 0. The highest BCUT2D eigenvalue weighted by Crippen LogP contribution is 2.08. The van der Waals surface area contributed by atoms with Crippen LogP contribution in [0.4, 0.5) is 0 Å². The van der Waals surface area contributed by atoms with Gasteiger partial charge in [0.2, 0.25) is 0 Å². The molecule has 74 valence electrons. The highest BCUT2D eigenvalue weighted by Gasteiger charge is 1.90. The SMILES string of the molecule is [N-]=[N+]=NCCCCOc1ccccc1. The number of ether oxygens (including phenoxy) is 1. The van der Waals surface area contributed by atoms with E-state index in [1.807, 2.05) is 30.3 Å². The third kappa shape index (κ3) is 4.38. The Morgan fingerprint density at radius 1 is 1.21 bits per heavy atom. The molecular formula is C10H13N3O. The normalized spacial score (nSPS) is 9.14. The molecular weight excluding hydrogens is 178 g/mol. The number of unbranched alkanes of at least 4 members (excludes halogenated alkanes) is 1. The van der Waals surface area contributed by atoms with Crippen molar-refractivity contribution in [2.24, 2.45) is 5.11 Å². The monoisotopic (exact) mass is 191 g/mol. The molecule has 0 bridgehead atoms. The van der Waals surface area contributed by atoms with Gasteiger partial charge in [-0.1, -0.05) is 23.3 Å². The topological polar surface area (TPSA) is 58.0 Å². The van der Waals surface area contributed by atoms with Crippen LogP contribution in [0, 0.1) is 0 Å². The Balaban J connectivity index is 2.07. The van der Waals surface area contributed by atoms with Crippen molar-refractivity contribution in [2.45, 2.75) is 12.8 Å². The first kappa shape index (κ1) is 10.4. The lowest BCUT2D eigenvalue weighted by Gasteiger charge is -2.04. The number of nitrogens with zero attached hydrogens (tertiary/aromatic N) is 3. The van der Waals surface area contributed by atoms with E-state index < -0.39 is 0 Å². The molecule has 0 atom stereocenters. The number of rotatable bonds is 6. The zero-order chi connectivity index (χ0) is 10.1. The predicted octanol–water partition coefficient (Wildman–Crippen LogP) is 3.16. The van der Waals surface area contributed by atoms with Gasteiger partial charge in [-0.2, -0.15) is 0 Å². The first-order valence-corrected chi connectivity index (χ1v) is 4.62. The lowest BCUT2D eigenvalue weighted by Crippen LogP contribution is -1.97. The second kappa shape index (κ2) is 6.80. The molecule has 0 aliphatic rings. The lowest BCUT2D eigenvalue weighted by molar-refractivity contribution is 0.308. The van der Waals surface area contributed by atoms with Crippen LogP contribution in [0.1, 0.15) is 12.8 Å². The van der Waals surface area contributed by atoms with Crippen molar-refractivity contribution in [3.63, 3.8) is 0 Å². The molecule has 14 heavy (non-hydrogen) atoms. The number of hydrogen-bond acceptors (Lipinski definition) is 2. The molecule has 0 fully saturated rings. The summed E-state index contributed by atoms with van der Waals surface area (Å²) in [5, 5.41) is 3.44. The van der Waals surface area contributed by atoms with Crippen molar-refractivity contribution in [1.29, 1.82) is 0 Å².